The van der Waals surface area contributed by atoms with E-state index < -0.39 is 0 Å². The van der Waals surface area contributed by atoms with E-state index in [-0.39, 0.29) is 0 Å². The summed E-state index contributed by atoms with van der Waals surface area (Å²) in [5.74, 6) is 1.05. The van der Waals surface area contributed by atoms with E-state index in [1.54, 1.807) is 11.8 Å². The largest absolute Gasteiger partial charge is 0.270 e. The van der Waals surface area contributed by atoms with Crippen molar-refractivity contribution < 1.29 is 0 Å². The number of hydrogen-bond donors (Lipinski definition) is 0. The quantitative estimate of drug-likeness (QED) is 0.481. The Balaban J connectivity index is 2.36. The molecule has 0 radical (unpaired) electrons. The summed E-state index contributed by atoms with van der Waals surface area (Å²) in [6.07, 6.45) is 0. The minimum absolute atomic E-state index is 0.884. The highest BCUT2D eigenvalue weighted by atomic mass is 32.2. The number of aliphatic imine (C=N–C) groups is 1. The van der Waals surface area contributed by atoms with Gasteiger partial charge in [0.05, 0.1) is 6.54 Å². The van der Waals surface area contributed by atoms with Crippen LogP contribution in [0.3, 0.4) is 0 Å². The normalized spacial score (nSPS) is 17.6. The first kappa shape index (κ1) is 5.99. The second-order valence-electron chi connectivity index (χ2n) is 1.19. The monoisotopic (exact) mass is 144 g/mol. The van der Waals surface area contributed by atoms with E-state index in [1.165, 1.54) is 0 Å². The van der Waals surface area contributed by atoms with Crippen LogP contribution in [0.4, 0.5) is 0 Å². The van der Waals surface area contributed by atoms with Gasteiger partial charge in [0.25, 0.3) is 0 Å². The third-order valence-electron chi connectivity index (χ3n) is 0.691. The molecule has 0 fully saturated rings. The molecule has 0 unspecified atom stereocenters. The van der Waals surface area contributed by atoms with Crippen molar-refractivity contribution in [3.8, 4) is 5.40 Å². The molecule has 0 saturated heterocycles. The third kappa shape index (κ3) is 1.42. The van der Waals surface area contributed by atoms with Gasteiger partial charge < -0.3 is 0 Å². The zero-order valence-electron chi connectivity index (χ0n) is 4.13. The predicted molar refractivity (Wildman–Crippen MR) is 38.0 cm³/mol. The summed E-state index contributed by atoms with van der Waals surface area (Å²) < 4.78 is 0.924. The molecule has 0 aromatic heterocycles. The molecule has 0 aromatic rings. The zero-order chi connectivity index (χ0) is 5.82. The van der Waals surface area contributed by atoms with Gasteiger partial charge in [-0.05, 0) is 0 Å². The van der Waals surface area contributed by atoms with Gasteiger partial charge in [0.15, 0.2) is 0 Å². The van der Waals surface area contributed by atoms with Gasteiger partial charge in [0.1, 0.15) is 9.78 Å². The van der Waals surface area contributed by atoms with Gasteiger partial charge in [-0.25, -0.2) is 0 Å². The Bertz CT molecular complexity index is 147. The highest BCUT2D eigenvalue weighted by Crippen LogP contribution is 2.20. The van der Waals surface area contributed by atoms with Crippen molar-refractivity contribution in [2.75, 3.05) is 12.3 Å². The van der Waals surface area contributed by atoms with Gasteiger partial charge in [-0.15, -0.1) is 0 Å². The van der Waals surface area contributed by atoms with Crippen molar-refractivity contribution >= 4 is 27.9 Å². The minimum atomic E-state index is 0.884. The van der Waals surface area contributed by atoms with Crippen LogP contribution in [0.25, 0.3) is 0 Å². The van der Waals surface area contributed by atoms with E-state index >= 15 is 0 Å². The summed E-state index contributed by atoms with van der Waals surface area (Å²) in [6, 6.07) is 0. The van der Waals surface area contributed by atoms with Gasteiger partial charge in [-0.3, -0.25) is 4.99 Å². The Labute approximate surface area is 56.4 Å². The van der Waals surface area contributed by atoms with Gasteiger partial charge >= 0.3 is 0 Å². The van der Waals surface area contributed by atoms with Crippen LogP contribution in [-0.4, -0.2) is 16.7 Å². The minimum Gasteiger partial charge on any atom is -0.270 e. The van der Waals surface area contributed by atoms with Crippen LogP contribution in [0.1, 0.15) is 0 Å². The molecule has 1 aliphatic rings. The highest BCUT2D eigenvalue weighted by Gasteiger charge is 2.05. The van der Waals surface area contributed by atoms with Gasteiger partial charge in [0, 0.05) is 17.5 Å². The van der Waals surface area contributed by atoms with Gasteiger partial charge in [-0.1, -0.05) is 11.8 Å². The third-order valence-corrected chi connectivity index (χ3v) is 2.45. The predicted octanol–water partition coefficient (Wildman–Crippen LogP) is 1.30. The van der Waals surface area contributed by atoms with E-state index in [9.17, 15) is 0 Å². The van der Waals surface area contributed by atoms with Crippen molar-refractivity contribution in [1.29, 1.82) is 5.26 Å². The lowest BCUT2D eigenvalue weighted by Crippen LogP contribution is -1.72. The van der Waals surface area contributed by atoms with E-state index in [0.29, 0.717) is 0 Å². The van der Waals surface area contributed by atoms with Crippen LogP contribution in [0.2, 0.25) is 0 Å². The van der Waals surface area contributed by atoms with Crippen LogP contribution >= 0.6 is 23.5 Å². The summed E-state index contributed by atoms with van der Waals surface area (Å²) in [6.45, 7) is 0.884. The molecule has 0 atom stereocenters. The van der Waals surface area contributed by atoms with Crippen molar-refractivity contribution in [3.63, 3.8) is 0 Å². The summed E-state index contributed by atoms with van der Waals surface area (Å²) in [5, 5.41) is 10.1. The fourth-order valence-electron chi connectivity index (χ4n) is 0.416. The van der Waals surface area contributed by atoms with Crippen molar-refractivity contribution in [1.82, 2.24) is 0 Å². The molecule has 1 heterocycles. The summed E-state index contributed by atoms with van der Waals surface area (Å²) in [7, 11) is 0. The lowest BCUT2D eigenvalue weighted by Gasteiger charge is -1.82. The molecule has 0 spiro atoms. The number of rotatable bonds is 0. The van der Waals surface area contributed by atoms with Gasteiger partial charge in [0.2, 0.25) is 0 Å². The maximum Gasteiger partial charge on any atom is 0.140 e. The lowest BCUT2D eigenvalue weighted by atomic mass is 10.8. The lowest BCUT2D eigenvalue weighted by molar-refractivity contribution is 1.18. The Morgan fingerprint density at radius 2 is 2.75 bits per heavy atom. The molecule has 0 saturated carbocycles. The topological polar surface area (TPSA) is 36.1 Å². The number of hydrogen-bond acceptors (Lipinski definition) is 4. The average molecular weight is 144 g/mol. The van der Waals surface area contributed by atoms with Crippen LogP contribution in [0.5, 0.6) is 0 Å². The molecule has 0 aliphatic carbocycles. The van der Waals surface area contributed by atoms with Crippen LogP contribution in [-0.2, 0) is 0 Å². The number of nitrogens with zero attached hydrogens (tertiary/aromatic N) is 2. The maximum atomic E-state index is 8.15. The molecule has 0 amide bonds. The Hall–Kier alpha value is -0.140. The Kier molecular flexibility index (Phi) is 2.25. The maximum absolute atomic E-state index is 8.15. The first-order valence-corrected chi connectivity index (χ1v) is 3.97. The molecule has 1 rings (SSSR count). The number of thioether (sulfide) groups is 2. The second kappa shape index (κ2) is 3.00. The van der Waals surface area contributed by atoms with E-state index in [1.807, 2.05) is 5.40 Å². The molecular weight excluding hydrogens is 140 g/mol. The van der Waals surface area contributed by atoms with Crippen LogP contribution < -0.4 is 0 Å². The molecule has 0 N–H and O–H groups in total. The van der Waals surface area contributed by atoms with Crippen molar-refractivity contribution in [2.24, 2.45) is 4.99 Å². The molecule has 4 heteroatoms. The van der Waals surface area contributed by atoms with Crippen molar-refractivity contribution in [2.45, 2.75) is 0 Å². The van der Waals surface area contributed by atoms with Crippen LogP contribution in [0.15, 0.2) is 4.99 Å². The molecule has 1 aliphatic heterocycles. The smallest absolute Gasteiger partial charge is 0.140 e. The first-order valence-electron chi connectivity index (χ1n) is 2.16. The van der Waals surface area contributed by atoms with E-state index in [4.69, 9.17) is 5.26 Å². The van der Waals surface area contributed by atoms with E-state index in [0.717, 1.165) is 28.4 Å². The molecule has 0 aromatic carbocycles. The standard InChI is InChI=1S/C4H4N2S2/c5-3-8-4-6-1-2-7-4/h1-2H2. The Morgan fingerprint density at radius 3 is 3.25 bits per heavy atom. The zero-order valence-corrected chi connectivity index (χ0v) is 5.76. The second-order valence-corrected chi connectivity index (χ2v) is 3.30. The molecule has 8 heavy (non-hydrogen) atoms. The first-order chi connectivity index (χ1) is 3.93. The molecular formula is C4H4N2S2. The van der Waals surface area contributed by atoms with Crippen LogP contribution in [0, 0.1) is 10.7 Å². The molecule has 0 bridgehead atoms. The van der Waals surface area contributed by atoms with Crippen molar-refractivity contribution in [3.05, 3.63) is 0 Å². The summed E-state index contributed by atoms with van der Waals surface area (Å²) in [5.41, 5.74) is 0. The highest BCUT2D eigenvalue weighted by molar-refractivity contribution is 8.40. The summed E-state index contributed by atoms with van der Waals surface area (Å²) >= 11 is 2.81. The fourth-order valence-corrected chi connectivity index (χ4v) is 1.79. The molecule has 42 valence electrons. The SMILES string of the molecule is N#CSC1=NCCS1. The summed E-state index contributed by atoms with van der Waals surface area (Å²) in [4.78, 5) is 4.05. The average Bonchev–Trinajstić information content (AvgIpc) is 2.19. The van der Waals surface area contributed by atoms with E-state index in [2.05, 4.69) is 4.99 Å². The Morgan fingerprint density at radius 1 is 1.88 bits per heavy atom. The fraction of sp³-hybridized carbons (Fsp3) is 0.500. The molecule has 2 nitrogen and oxygen atoms in total. The van der Waals surface area contributed by atoms with Gasteiger partial charge in [-0.2, -0.15) is 5.26 Å². The number of nitriles is 1. The number of thiocyanates is 1.